The summed E-state index contributed by atoms with van der Waals surface area (Å²) >= 11 is 0. The maximum atomic E-state index is 13.5. The van der Waals surface area contributed by atoms with Crippen LogP contribution in [0.2, 0.25) is 0 Å². The number of benzene rings is 2. The van der Waals surface area contributed by atoms with E-state index >= 15 is 0 Å². The zero-order valence-corrected chi connectivity index (χ0v) is 21.3. The van der Waals surface area contributed by atoms with Crippen LogP contribution in [0.3, 0.4) is 0 Å². The van der Waals surface area contributed by atoms with E-state index < -0.39 is 5.97 Å². The number of hydrogen-bond acceptors (Lipinski definition) is 6. The van der Waals surface area contributed by atoms with Crippen molar-refractivity contribution in [1.29, 1.82) is 0 Å². The largest absolute Gasteiger partial charge is 0.478 e. The van der Waals surface area contributed by atoms with Crippen molar-refractivity contribution in [3.05, 3.63) is 99.5 Å². The Balaban J connectivity index is 1.50. The van der Waals surface area contributed by atoms with E-state index in [-0.39, 0.29) is 17.2 Å². The van der Waals surface area contributed by atoms with Crippen molar-refractivity contribution in [2.75, 3.05) is 41.3 Å². The number of nitrogens with zero attached hydrogens (tertiary/aromatic N) is 4. The lowest BCUT2D eigenvalue weighted by atomic mass is 10.1. The average Bonchev–Trinajstić information content (AvgIpc) is 2.91. The highest BCUT2D eigenvalue weighted by Crippen LogP contribution is 2.28. The van der Waals surface area contributed by atoms with Crippen LogP contribution in [0.15, 0.2) is 71.7 Å². The van der Waals surface area contributed by atoms with Crippen LogP contribution in [0.4, 0.5) is 17.2 Å². The molecule has 2 N–H and O–H groups in total. The summed E-state index contributed by atoms with van der Waals surface area (Å²) < 4.78 is 1.62. The first-order valence-corrected chi connectivity index (χ1v) is 12.5. The summed E-state index contributed by atoms with van der Waals surface area (Å²) in [5, 5.41) is 12.9. The normalized spacial score (nSPS) is 14.6. The standard InChI is InChI=1S/C29H31N5O3/c1-19-17-24(21(3)30-25-12-8-7-11-23(25)29(36)37)27-31-26(20(2)28(35)34(27)18-19)33-15-13-32(14-16-33)22-9-5-4-6-10-22/h4-12,17-18,21,30H,13-16H2,1-3H3,(H,36,37)/t21-/m1/s1. The van der Waals surface area contributed by atoms with Crippen molar-refractivity contribution in [2.45, 2.75) is 26.8 Å². The number of hydrogen-bond donors (Lipinski definition) is 2. The van der Waals surface area contributed by atoms with Crippen LogP contribution >= 0.6 is 0 Å². The lowest BCUT2D eigenvalue weighted by molar-refractivity contribution is 0.0698. The number of aryl methyl sites for hydroxylation is 1. The zero-order valence-electron chi connectivity index (χ0n) is 21.3. The quantitative estimate of drug-likeness (QED) is 0.405. The minimum absolute atomic E-state index is 0.0893. The summed E-state index contributed by atoms with van der Waals surface area (Å²) in [4.78, 5) is 34.8. The minimum atomic E-state index is -0.994. The third-order valence-corrected chi connectivity index (χ3v) is 6.99. The van der Waals surface area contributed by atoms with Crippen molar-refractivity contribution < 1.29 is 9.90 Å². The van der Waals surface area contributed by atoms with E-state index in [1.54, 1.807) is 28.7 Å². The summed E-state index contributed by atoms with van der Waals surface area (Å²) in [6, 6.07) is 18.9. The Labute approximate surface area is 215 Å². The van der Waals surface area contributed by atoms with Gasteiger partial charge in [0, 0.05) is 49.3 Å². The molecule has 0 radical (unpaired) electrons. The molecule has 0 amide bonds. The van der Waals surface area contributed by atoms with Crippen molar-refractivity contribution in [3.63, 3.8) is 0 Å². The molecular weight excluding hydrogens is 466 g/mol. The Morgan fingerprint density at radius 1 is 0.973 bits per heavy atom. The molecule has 0 bridgehead atoms. The monoisotopic (exact) mass is 497 g/mol. The third kappa shape index (κ3) is 4.74. The van der Waals surface area contributed by atoms with Gasteiger partial charge in [-0.2, -0.15) is 0 Å². The first-order chi connectivity index (χ1) is 17.8. The molecule has 2 aromatic carbocycles. The molecule has 2 aromatic heterocycles. The molecule has 0 unspecified atom stereocenters. The zero-order chi connectivity index (χ0) is 26.1. The second-order valence-corrected chi connectivity index (χ2v) is 9.56. The third-order valence-electron chi connectivity index (χ3n) is 6.99. The fourth-order valence-electron chi connectivity index (χ4n) is 5.03. The summed E-state index contributed by atoms with van der Waals surface area (Å²) in [6.07, 6.45) is 1.82. The molecule has 0 aliphatic carbocycles. The predicted molar refractivity (Wildman–Crippen MR) is 147 cm³/mol. The number of piperazine rings is 1. The van der Waals surface area contributed by atoms with Gasteiger partial charge in [-0.15, -0.1) is 0 Å². The molecule has 1 saturated heterocycles. The maximum absolute atomic E-state index is 13.5. The number of carboxylic acid groups (broad SMARTS) is 1. The van der Waals surface area contributed by atoms with Gasteiger partial charge in [-0.25, -0.2) is 9.78 Å². The molecule has 1 fully saturated rings. The van der Waals surface area contributed by atoms with Crippen LogP contribution in [0.1, 0.15) is 40.0 Å². The number of para-hydroxylation sites is 2. The number of pyridine rings is 1. The number of aromatic nitrogens is 2. The van der Waals surface area contributed by atoms with Gasteiger partial charge in [0.15, 0.2) is 0 Å². The Bertz CT molecular complexity index is 1510. The average molecular weight is 498 g/mol. The van der Waals surface area contributed by atoms with Crippen molar-refractivity contribution in [3.8, 4) is 0 Å². The first-order valence-electron chi connectivity index (χ1n) is 12.5. The summed E-state index contributed by atoms with van der Waals surface area (Å²) in [5.41, 5.74) is 4.79. The van der Waals surface area contributed by atoms with Crippen molar-refractivity contribution >= 4 is 28.8 Å². The van der Waals surface area contributed by atoms with Gasteiger partial charge in [0.25, 0.3) is 5.56 Å². The Morgan fingerprint density at radius 2 is 1.62 bits per heavy atom. The van der Waals surface area contributed by atoms with Crippen molar-refractivity contribution in [2.24, 2.45) is 0 Å². The van der Waals surface area contributed by atoms with E-state index in [2.05, 4.69) is 27.2 Å². The number of carboxylic acids is 1. The fourth-order valence-corrected chi connectivity index (χ4v) is 5.03. The molecule has 1 aliphatic heterocycles. The fraction of sp³-hybridized carbons (Fsp3) is 0.276. The molecule has 190 valence electrons. The Kier molecular flexibility index (Phi) is 6.56. The number of anilines is 3. The van der Waals surface area contributed by atoms with Crippen LogP contribution in [0.5, 0.6) is 0 Å². The van der Waals surface area contributed by atoms with Crippen LogP contribution in [-0.4, -0.2) is 46.6 Å². The van der Waals surface area contributed by atoms with Crippen LogP contribution in [0.25, 0.3) is 5.65 Å². The lowest BCUT2D eigenvalue weighted by Crippen LogP contribution is -2.47. The number of rotatable bonds is 6. The molecule has 8 nitrogen and oxygen atoms in total. The predicted octanol–water partition coefficient (Wildman–Crippen LogP) is 4.51. The van der Waals surface area contributed by atoms with E-state index in [1.165, 1.54) is 5.69 Å². The molecular formula is C29H31N5O3. The second-order valence-electron chi connectivity index (χ2n) is 9.56. The summed E-state index contributed by atoms with van der Waals surface area (Å²) in [7, 11) is 0. The highest BCUT2D eigenvalue weighted by molar-refractivity contribution is 5.94. The topological polar surface area (TPSA) is 90.2 Å². The number of fused-ring (bicyclic) bond motifs is 1. The maximum Gasteiger partial charge on any atom is 0.337 e. The van der Waals surface area contributed by atoms with Gasteiger partial charge >= 0.3 is 5.97 Å². The van der Waals surface area contributed by atoms with E-state index in [1.807, 2.05) is 51.2 Å². The Morgan fingerprint density at radius 3 is 2.32 bits per heavy atom. The SMILES string of the molecule is Cc1cc([C@@H](C)Nc2ccccc2C(=O)O)c2nc(N3CCN(c4ccccc4)CC3)c(C)c(=O)n2c1. The molecule has 1 atom stereocenters. The molecule has 0 saturated carbocycles. The van der Waals surface area contributed by atoms with Gasteiger partial charge in [0.05, 0.1) is 17.2 Å². The van der Waals surface area contributed by atoms with Crippen LogP contribution in [-0.2, 0) is 0 Å². The minimum Gasteiger partial charge on any atom is -0.478 e. The van der Waals surface area contributed by atoms with Crippen LogP contribution < -0.4 is 20.7 Å². The number of aromatic carboxylic acids is 1. The van der Waals surface area contributed by atoms with Crippen LogP contribution in [0, 0.1) is 13.8 Å². The smallest absolute Gasteiger partial charge is 0.337 e. The molecule has 37 heavy (non-hydrogen) atoms. The van der Waals surface area contributed by atoms with Gasteiger partial charge in [0.2, 0.25) is 0 Å². The van der Waals surface area contributed by atoms with Gasteiger partial charge in [0.1, 0.15) is 11.5 Å². The summed E-state index contributed by atoms with van der Waals surface area (Å²) in [6.45, 7) is 8.95. The van der Waals surface area contributed by atoms with Gasteiger partial charge in [-0.1, -0.05) is 30.3 Å². The molecule has 5 rings (SSSR count). The first kappa shape index (κ1) is 24.4. The molecule has 3 heterocycles. The molecule has 1 aliphatic rings. The summed E-state index contributed by atoms with van der Waals surface area (Å²) in [5.74, 6) is -0.285. The van der Waals surface area contributed by atoms with E-state index in [4.69, 9.17) is 4.98 Å². The molecule has 4 aromatic rings. The molecule has 8 heteroatoms. The highest BCUT2D eigenvalue weighted by atomic mass is 16.4. The van der Waals surface area contributed by atoms with Gasteiger partial charge in [-0.05, 0) is 56.7 Å². The Hall–Kier alpha value is -4.33. The van der Waals surface area contributed by atoms with Gasteiger partial charge < -0.3 is 20.2 Å². The van der Waals surface area contributed by atoms with E-state index in [0.717, 1.165) is 37.3 Å². The van der Waals surface area contributed by atoms with Crippen molar-refractivity contribution in [1.82, 2.24) is 9.38 Å². The highest BCUT2D eigenvalue weighted by Gasteiger charge is 2.24. The van der Waals surface area contributed by atoms with E-state index in [9.17, 15) is 14.7 Å². The number of carbonyl (C=O) groups is 1. The lowest BCUT2D eigenvalue weighted by Gasteiger charge is -2.37. The number of nitrogens with one attached hydrogen (secondary N) is 1. The van der Waals surface area contributed by atoms with E-state index in [0.29, 0.717) is 22.7 Å². The molecule has 0 spiro atoms. The second kappa shape index (κ2) is 9.97. The van der Waals surface area contributed by atoms with Gasteiger partial charge in [-0.3, -0.25) is 9.20 Å².